The largest absolute Gasteiger partial charge is 0.321 e. The van der Waals surface area contributed by atoms with Gasteiger partial charge in [-0.05, 0) is 55.3 Å². The van der Waals surface area contributed by atoms with Crippen molar-refractivity contribution in [2.45, 2.75) is 64.5 Å². The van der Waals surface area contributed by atoms with Gasteiger partial charge in [-0.1, -0.05) is 25.4 Å². The summed E-state index contributed by atoms with van der Waals surface area (Å²) in [4.78, 5) is 4.44. The fourth-order valence-corrected chi connectivity index (χ4v) is 6.65. The Kier molecular flexibility index (Phi) is 2.86. The summed E-state index contributed by atoms with van der Waals surface area (Å²) < 4.78 is 1.98. The molecule has 3 nitrogen and oxygen atoms in total. The number of hydrogen-bond acceptors (Lipinski definition) is 2. The van der Waals surface area contributed by atoms with Crippen LogP contribution in [0.25, 0.3) is 0 Å². The first-order valence-corrected chi connectivity index (χ1v) is 8.60. The first kappa shape index (κ1) is 14.1. The summed E-state index contributed by atoms with van der Waals surface area (Å²) >= 11 is 6.10. The second-order valence-corrected chi connectivity index (χ2v) is 9.21. The van der Waals surface area contributed by atoms with Gasteiger partial charge in [-0.15, -0.1) is 0 Å². The highest BCUT2D eigenvalue weighted by atomic mass is 35.5. The van der Waals surface area contributed by atoms with Crippen LogP contribution in [-0.2, 0) is 13.6 Å². The van der Waals surface area contributed by atoms with E-state index in [2.05, 4.69) is 24.1 Å². The highest BCUT2D eigenvalue weighted by Gasteiger charge is 2.59. The van der Waals surface area contributed by atoms with Crippen molar-refractivity contribution >= 4 is 11.6 Å². The summed E-state index contributed by atoms with van der Waals surface area (Å²) in [5.74, 6) is 1.97. The molecule has 5 rings (SSSR count). The third kappa shape index (κ3) is 2.24. The van der Waals surface area contributed by atoms with Crippen molar-refractivity contribution in [3.05, 3.63) is 17.2 Å². The van der Waals surface area contributed by atoms with Crippen molar-refractivity contribution in [3.8, 4) is 0 Å². The molecule has 4 bridgehead atoms. The van der Waals surface area contributed by atoms with Gasteiger partial charge in [-0.2, -0.15) is 0 Å². The molecule has 21 heavy (non-hydrogen) atoms. The van der Waals surface area contributed by atoms with Crippen LogP contribution in [0.2, 0.25) is 5.15 Å². The van der Waals surface area contributed by atoms with Gasteiger partial charge >= 0.3 is 0 Å². The summed E-state index contributed by atoms with van der Waals surface area (Å²) in [6.45, 7) is 5.87. The molecule has 116 valence electrons. The van der Waals surface area contributed by atoms with E-state index in [0.717, 1.165) is 23.4 Å². The summed E-state index contributed by atoms with van der Waals surface area (Å²) in [7, 11) is 1.99. The van der Waals surface area contributed by atoms with E-state index < -0.39 is 0 Å². The van der Waals surface area contributed by atoms with Gasteiger partial charge in [0, 0.05) is 12.6 Å². The number of imidazole rings is 1. The Labute approximate surface area is 132 Å². The van der Waals surface area contributed by atoms with Crippen molar-refractivity contribution in [2.24, 2.45) is 23.8 Å². The third-order valence-corrected chi connectivity index (χ3v) is 6.63. The van der Waals surface area contributed by atoms with E-state index in [9.17, 15) is 0 Å². The van der Waals surface area contributed by atoms with Gasteiger partial charge in [-0.3, -0.25) is 0 Å². The molecule has 1 aromatic heterocycles. The molecule has 4 heteroatoms. The predicted molar refractivity (Wildman–Crippen MR) is 85.2 cm³/mol. The average Bonchev–Trinajstić information content (AvgIpc) is 2.63. The minimum absolute atomic E-state index is 0.335. The summed E-state index contributed by atoms with van der Waals surface area (Å²) in [5.41, 5.74) is 1.45. The lowest BCUT2D eigenvalue weighted by Crippen LogP contribution is -2.64. The molecule has 4 fully saturated rings. The van der Waals surface area contributed by atoms with Gasteiger partial charge in [0.25, 0.3) is 0 Å². The van der Waals surface area contributed by atoms with E-state index in [-0.39, 0.29) is 0 Å². The topological polar surface area (TPSA) is 29.9 Å². The maximum absolute atomic E-state index is 6.10. The first-order valence-electron chi connectivity index (χ1n) is 8.22. The number of aromatic nitrogens is 2. The molecule has 0 aliphatic heterocycles. The van der Waals surface area contributed by atoms with Gasteiger partial charge in [0.15, 0.2) is 0 Å². The maximum atomic E-state index is 6.10. The van der Waals surface area contributed by atoms with Crippen molar-refractivity contribution in [3.63, 3.8) is 0 Å². The van der Waals surface area contributed by atoms with Crippen LogP contribution in [0.5, 0.6) is 0 Å². The van der Waals surface area contributed by atoms with Gasteiger partial charge in [-0.25, -0.2) is 4.98 Å². The maximum Gasteiger partial charge on any atom is 0.128 e. The van der Waals surface area contributed by atoms with E-state index in [4.69, 9.17) is 11.6 Å². The molecule has 1 N–H and O–H groups in total. The normalized spacial score (nSPS) is 44.5. The molecule has 1 heterocycles. The van der Waals surface area contributed by atoms with Crippen LogP contribution in [0.4, 0.5) is 0 Å². The highest BCUT2D eigenvalue weighted by Crippen LogP contribution is 2.66. The van der Waals surface area contributed by atoms with Crippen LogP contribution >= 0.6 is 11.6 Å². The highest BCUT2D eigenvalue weighted by molar-refractivity contribution is 6.29. The summed E-state index contributed by atoms with van der Waals surface area (Å²) in [5, 5.41) is 4.62. The fraction of sp³-hybridized carbons (Fsp3) is 0.824. The van der Waals surface area contributed by atoms with Gasteiger partial charge in [0.1, 0.15) is 11.0 Å². The van der Waals surface area contributed by atoms with Crippen molar-refractivity contribution < 1.29 is 0 Å². The predicted octanol–water partition coefficient (Wildman–Crippen LogP) is 3.91. The first-order chi connectivity index (χ1) is 9.81. The van der Waals surface area contributed by atoms with Crippen LogP contribution in [0, 0.1) is 16.7 Å². The minimum Gasteiger partial charge on any atom is -0.321 e. The van der Waals surface area contributed by atoms with Crippen LogP contribution in [0.3, 0.4) is 0 Å². The number of rotatable bonds is 3. The Morgan fingerprint density at radius 1 is 1.24 bits per heavy atom. The number of hydrogen-bond donors (Lipinski definition) is 1. The SMILES string of the molecule is Cn1c(Cl)cnc1CNC12CC3CC(C)(CC(C)(C3)C1)C2. The lowest BCUT2D eigenvalue weighted by Gasteiger charge is -2.65. The Balaban J connectivity index is 1.56. The molecule has 0 spiro atoms. The quantitative estimate of drug-likeness (QED) is 0.917. The molecule has 0 saturated heterocycles. The molecule has 0 aromatic carbocycles. The molecule has 0 radical (unpaired) electrons. The molecular weight excluding hydrogens is 282 g/mol. The molecule has 4 aliphatic rings. The third-order valence-electron chi connectivity index (χ3n) is 6.28. The summed E-state index contributed by atoms with van der Waals surface area (Å²) in [6, 6.07) is 0. The van der Waals surface area contributed by atoms with Crippen LogP contribution < -0.4 is 5.32 Å². The van der Waals surface area contributed by atoms with Gasteiger partial charge < -0.3 is 9.88 Å². The van der Waals surface area contributed by atoms with Gasteiger partial charge in [0.2, 0.25) is 0 Å². The Bertz CT molecular complexity index is 561. The Morgan fingerprint density at radius 3 is 2.43 bits per heavy atom. The van der Waals surface area contributed by atoms with E-state index in [1.54, 1.807) is 6.20 Å². The lowest BCUT2D eigenvalue weighted by atomic mass is 9.43. The van der Waals surface area contributed by atoms with Crippen LogP contribution in [-0.4, -0.2) is 15.1 Å². The van der Waals surface area contributed by atoms with Crippen molar-refractivity contribution in [1.82, 2.24) is 14.9 Å². The number of halogens is 1. The molecular formula is C17H26ClN3. The average molecular weight is 308 g/mol. The molecule has 2 atom stereocenters. The Hall–Kier alpha value is -0.540. The Morgan fingerprint density at radius 2 is 1.90 bits per heavy atom. The van der Waals surface area contributed by atoms with E-state index in [1.165, 1.54) is 38.5 Å². The van der Waals surface area contributed by atoms with Crippen LogP contribution in [0.15, 0.2) is 6.20 Å². The molecule has 0 amide bonds. The minimum atomic E-state index is 0.335. The second kappa shape index (κ2) is 4.26. The fourth-order valence-electron chi connectivity index (χ4n) is 6.50. The zero-order valence-electron chi connectivity index (χ0n) is 13.4. The monoisotopic (exact) mass is 307 g/mol. The molecule has 4 saturated carbocycles. The lowest BCUT2D eigenvalue weighted by molar-refractivity contribution is -0.118. The zero-order chi connectivity index (χ0) is 14.9. The van der Waals surface area contributed by atoms with E-state index in [0.29, 0.717) is 16.4 Å². The van der Waals surface area contributed by atoms with Crippen LogP contribution in [0.1, 0.15) is 58.2 Å². The molecule has 1 aromatic rings. The zero-order valence-corrected chi connectivity index (χ0v) is 14.1. The van der Waals surface area contributed by atoms with E-state index in [1.807, 2.05) is 11.6 Å². The number of nitrogens with zero attached hydrogens (tertiary/aromatic N) is 2. The standard InChI is InChI=1S/C17H26ClN3/c1-15-4-12-5-16(2,9-15)11-17(6-12,10-15)20-8-14-19-7-13(18)21(14)3/h7,12,20H,4-6,8-11H2,1-3H3. The van der Waals surface area contributed by atoms with Crippen molar-refractivity contribution in [2.75, 3.05) is 0 Å². The van der Waals surface area contributed by atoms with Gasteiger partial charge in [0.05, 0.1) is 12.7 Å². The van der Waals surface area contributed by atoms with E-state index >= 15 is 0 Å². The molecule has 2 unspecified atom stereocenters. The second-order valence-electron chi connectivity index (χ2n) is 8.82. The molecule has 4 aliphatic carbocycles. The van der Waals surface area contributed by atoms with Crippen molar-refractivity contribution in [1.29, 1.82) is 0 Å². The number of nitrogens with one attached hydrogen (secondary N) is 1. The summed E-state index contributed by atoms with van der Waals surface area (Å²) in [6.07, 6.45) is 10.1. The smallest absolute Gasteiger partial charge is 0.128 e.